The highest BCUT2D eigenvalue weighted by Crippen LogP contribution is 2.45. The Kier molecular flexibility index (Phi) is 3.29. The van der Waals surface area contributed by atoms with E-state index < -0.39 is 11.6 Å². The molecule has 2 aliphatic carbocycles. The predicted molar refractivity (Wildman–Crippen MR) is 89.7 cm³/mol. The number of phenolic OH excluding ortho intramolecular Hbond substituents is 2. The summed E-state index contributed by atoms with van der Waals surface area (Å²) in [5.74, 6) is -1.89. The van der Waals surface area contributed by atoms with Gasteiger partial charge in [0, 0.05) is 27.8 Å². The number of fused-ring (bicyclic) bond motifs is 3. The Morgan fingerprint density at radius 1 is 0.880 bits per heavy atom. The van der Waals surface area contributed by atoms with Crippen molar-refractivity contribution in [2.24, 2.45) is 0 Å². The fourth-order valence-corrected chi connectivity index (χ4v) is 3.95. The van der Waals surface area contributed by atoms with E-state index in [2.05, 4.69) is 0 Å². The second kappa shape index (κ2) is 5.28. The van der Waals surface area contributed by atoms with Crippen molar-refractivity contribution in [1.29, 1.82) is 0 Å². The summed E-state index contributed by atoms with van der Waals surface area (Å²) in [5.41, 5.74) is 1.02. The lowest BCUT2D eigenvalue weighted by atomic mass is 9.76. The molecule has 2 aliphatic rings. The molecule has 0 radical (unpaired) electrons. The summed E-state index contributed by atoms with van der Waals surface area (Å²) in [7, 11) is 0. The van der Waals surface area contributed by atoms with Crippen molar-refractivity contribution in [3.05, 3.63) is 57.1 Å². The zero-order chi connectivity index (χ0) is 17.9. The molecule has 0 unspecified atom stereocenters. The molecule has 5 heteroatoms. The number of hydrogen-bond acceptors (Lipinski definition) is 5. The Bertz CT molecular complexity index is 984. The van der Waals surface area contributed by atoms with Crippen LogP contribution >= 0.6 is 0 Å². The highest BCUT2D eigenvalue weighted by molar-refractivity contribution is 6.32. The van der Waals surface area contributed by atoms with E-state index in [1.54, 1.807) is 6.07 Å². The molecule has 0 fully saturated rings. The molecule has 0 saturated carbocycles. The molecule has 0 aromatic heterocycles. The minimum atomic E-state index is -0.587. The Hall–Kier alpha value is -2.95. The van der Waals surface area contributed by atoms with Crippen LogP contribution in [0.3, 0.4) is 0 Å². The van der Waals surface area contributed by atoms with Crippen molar-refractivity contribution in [3.8, 4) is 11.5 Å². The van der Waals surface area contributed by atoms with Crippen LogP contribution in [0.5, 0.6) is 11.5 Å². The summed E-state index contributed by atoms with van der Waals surface area (Å²) in [4.78, 5) is 37.9. The molecular formula is C20H16O5. The van der Waals surface area contributed by atoms with Crippen LogP contribution in [-0.2, 0) is 12.8 Å². The number of Topliss-reactive ketones (excluding diaryl/α,β-unsaturated/α-hetero) is 1. The van der Waals surface area contributed by atoms with E-state index in [9.17, 15) is 24.6 Å². The zero-order valence-electron chi connectivity index (χ0n) is 13.7. The molecule has 2 aromatic rings. The Balaban J connectivity index is 2.09. The molecule has 0 saturated heterocycles. The third-order valence-electron chi connectivity index (χ3n) is 5.13. The first-order valence-electron chi connectivity index (χ1n) is 8.26. The van der Waals surface area contributed by atoms with E-state index in [0.29, 0.717) is 24.0 Å². The summed E-state index contributed by atoms with van der Waals surface area (Å²) < 4.78 is 0. The predicted octanol–water partition coefficient (Wildman–Crippen LogP) is 2.95. The van der Waals surface area contributed by atoms with Gasteiger partial charge in [-0.3, -0.25) is 14.4 Å². The molecule has 25 heavy (non-hydrogen) atoms. The van der Waals surface area contributed by atoms with Crippen molar-refractivity contribution in [1.82, 2.24) is 0 Å². The average Bonchev–Trinajstić information content (AvgIpc) is 2.62. The van der Waals surface area contributed by atoms with Crippen molar-refractivity contribution in [2.75, 3.05) is 0 Å². The van der Waals surface area contributed by atoms with Gasteiger partial charge in [0.2, 0.25) is 0 Å². The van der Waals surface area contributed by atoms with Crippen molar-refractivity contribution in [2.45, 2.75) is 32.6 Å². The average molecular weight is 336 g/mol. The van der Waals surface area contributed by atoms with Gasteiger partial charge in [-0.25, -0.2) is 0 Å². The first kappa shape index (κ1) is 15.6. The van der Waals surface area contributed by atoms with Crippen LogP contribution in [0.4, 0.5) is 0 Å². The van der Waals surface area contributed by atoms with Gasteiger partial charge in [0.1, 0.15) is 11.5 Å². The lowest BCUT2D eigenvalue weighted by Gasteiger charge is -2.26. The normalized spacial score (nSPS) is 15.4. The molecule has 0 bridgehead atoms. The van der Waals surface area contributed by atoms with Gasteiger partial charge < -0.3 is 10.2 Å². The highest BCUT2D eigenvalue weighted by Gasteiger charge is 2.39. The summed E-state index contributed by atoms with van der Waals surface area (Å²) in [6.45, 7) is 1.33. The molecule has 0 heterocycles. The van der Waals surface area contributed by atoms with Gasteiger partial charge in [-0.1, -0.05) is 18.2 Å². The number of phenols is 2. The van der Waals surface area contributed by atoms with E-state index in [4.69, 9.17) is 0 Å². The molecule has 2 aromatic carbocycles. The van der Waals surface area contributed by atoms with Crippen LogP contribution in [-0.4, -0.2) is 27.6 Å². The third-order valence-corrected chi connectivity index (χ3v) is 5.13. The Morgan fingerprint density at radius 3 is 2.00 bits per heavy atom. The smallest absolute Gasteiger partial charge is 0.199 e. The van der Waals surface area contributed by atoms with Gasteiger partial charge in [0.05, 0.1) is 11.1 Å². The number of rotatable bonds is 1. The third kappa shape index (κ3) is 1.98. The second-order valence-corrected chi connectivity index (χ2v) is 6.55. The highest BCUT2D eigenvalue weighted by atomic mass is 16.3. The van der Waals surface area contributed by atoms with Crippen LogP contribution in [0.1, 0.15) is 73.1 Å². The Labute approximate surface area is 143 Å². The molecule has 0 aliphatic heterocycles. The molecule has 0 atom stereocenters. The number of carbonyl (C=O) groups excluding carboxylic acids is 3. The number of ketones is 3. The summed E-state index contributed by atoms with van der Waals surface area (Å²) in [5, 5.41) is 21.3. The number of hydrogen-bond donors (Lipinski definition) is 2. The number of aromatic hydroxyl groups is 2. The molecule has 126 valence electrons. The quantitative estimate of drug-likeness (QED) is 0.526. The molecule has 2 N–H and O–H groups in total. The van der Waals surface area contributed by atoms with Crippen LogP contribution < -0.4 is 0 Å². The molecule has 5 nitrogen and oxygen atoms in total. The van der Waals surface area contributed by atoms with Crippen molar-refractivity contribution >= 4 is 17.3 Å². The molecule has 0 spiro atoms. The molecule has 4 rings (SSSR count). The van der Waals surface area contributed by atoms with Crippen LogP contribution in [0.15, 0.2) is 18.2 Å². The van der Waals surface area contributed by atoms with Crippen LogP contribution in [0.2, 0.25) is 0 Å². The van der Waals surface area contributed by atoms with Gasteiger partial charge in [-0.15, -0.1) is 0 Å². The van der Waals surface area contributed by atoms with E-state index in [0.717, 1.165) is 12.8 Å². The first-order chi connectivity index (χ1) is 11.9. The van der Waals surface area contributed by atoms with Crippen molar-refractivity contribution < 1.29 is 24.6 Å². The summed E-state index contributed by atoms with van der Waals surface area (Å²) >= 11 is 0. The minimum Gasteiger partial charge on any atom is -0.507 e. The molecular weight excluding hydrogens is 320 g/mol. The van der Waals surface area contributed by atoms with Crippen LogP contribution in [0, 0.1) is 0 Å². The summed E-state index contributed by atoms with van der Waals surface area (Å²) in [6.07, 6.45) is 2.80. The topological polar surface area (TPSA) is 91.7 Å². The van der Waals surface area contributed by atoms with E-state index in [1.807, 2.05) is 0 Å². The fourth-order valence-electron chi connectivity index (χ4n) is 3.95. The fraction of sp³-hybridized carbons (Fsp3) is 0.250. The zero-order valence-corrected chi connectivity index (χ0v) is 13.7. The van der Waals surface area contributed by atoms with Gasteiger partial charge >= 0.3 is 0 Å². The van der Waals surface area contributed by atoms with Gasteiger partial charge in [-0.05, 0) is 32.6 Å². The van der Waals surface area contributed by atoms with Crippen LogP contribution in [0.25, 0.3) is 0 Å². The van der Waals surface area contributed by atoms with E-state index >= 15 is 0 Å². The first-order valence-corrected chi connectivity index (χ1v) is 8.26. The maximum absolute atomic E-state index is 13.1. The maximum atomic E-state index is 13.1. The SMILES string of the molecule is CC(=O)c1cccc2c1C(=O)c1c(O)c3c(c(O)c1C2=O)CCCC3. The van der Waals surface area contributed by atoms with Crippen molar-refractivity contribution in [3.63, 3.8) is 0 Å². The number of benzene rings is 2. The second-order valence-electron chi connectivity index (χ2n) is 6.55. The Morgan fingerprint density at radius 2 is 1.44 bits per heavy atom. The molecule has 0 amide bonds. The number of carbonyl (C=O) groups is 3. The lowest BCUT2D eigenvalue weighted by Crippen LogP contribution is -2.25. The largest absolute Gasteiger partial charge is 0.507 e. The standard InChI is InChI=1S/C20H16O5/c1-9(21)10-7-4-8-13-14(10)20(25)16-15(19(13)24)17(22)11-5-2-3-6-12(11)18(16)23/h4,7-8,22-23H,2-3,5-6H2,1H3. The lowest BCUT2D eigenvalue weighted by molar-refractivity contribution is 0.0963. The minimum absolute atomic E-state index is 0.0120. The van der Waals surface area contributed by atoms with E-state index in [1.165, 1.54) is 19.1 Å². The summed E-state index contributed by atoms with van der Waals surface area (Å²) in [6, 6.07) is 4.51. The maximum Gasteiger partial charge on any atom is 0.199 e. The van der Waals surface area contributed by atoms with Gasteiger partial charge in [0.25, 0.3) is 0 Å². The van der Waals surface area contributed by atoms with Gasteiger partial charge in [-0.2, -0.15) is 0 Å². The van der Waals surface area contributed by atoms with Gasteiger partial charge in [0.15, 0.2) is 17.3 Å². The monoisotopic (exact) mass is 336 g/mol. The van der Waals surface area contributed by atoms with E-state index in [-0.39, 0.29) is 45.1 Å².